The Balaban J connectivity index is 2.32. The largest absolute Gasteiger partial charge is 0.368 e. The fraction of sp³-hybridized carbons (Fsp3) is 0.222. The summed E-state index contributed by atoms with van der Waals surface area (Å²) >= 11 is 0. The molecule has 0 bridgehead atoms. The van der Waals surface area contributed by atoms with Crippen LogP contribution in [0.15, 0.2) is 24.3 Å². The van der Waals surface area contributed by atoms with Crippen molar-refractivity contribution in [3.05, 3.63) is 35.4 Å². The third kappa shape index (κ3) is 1.31. The minimum atomic E-state index is -0.391. The van der Waals surface area contributed by atoms with Crippen LogP contribution in [-0.2, 0) is 4.74 Å². The zero-order chi connectivity index (χ0) is 8.55. The van der Waals surface area contributed by atoms with E-state index < -0.39 is 5.91 Å². The molecule has 1 amide bonds. The maximum atomic E-state index is 10.8. The molecule has 0 saturated carbocycles. The second kappa shape index (κ2) is 2.60. The van der Waals surface area contributed by atoms with Gasteiger partial charge in [0.1, 0.15) is 6.10 Å². The highest BCUT2D eigenvalue weighted by Crippen LogP contribution is 2.29. The van der Waals surface area contributed by atoms with Crippen LogP contribution in [0, 0.1) is 0 Å². The third-order valence-electron chi connectivity index (χ3n) is 1.88. The van der Waals surface area contributed by atoms with Crippen molar-refractivity contribution in [1.29, 1.82) is 0 Å². The van der Waals surface area contributed by atoms with Crippen LogP contribution in [0.4, 0.5) is 0 Å². The molecule has 0 unspecified atom stereocenters. The molecule has 1 heterocycles. The molecule has 0 aromatic heterocycles. The van der Waals surface area contributed by atoms with E-state index >= 15 is 0 Å². The minimum Gasteiger partial charge on any atom is -0.368 e. The van der Waals surface area contributed by atoms with Gasteiger partial charge in [-0.3, -0.25) is 4.79 Å². The van der Waals surface area contributed by atoms with Gasteiger partial charge >= 0.3 is 0 Å². The molecule has 1 atom stereocenters. The Hall–Kier alpha value is -1.35. The van der Waals surface area contributed by atoms with E-state index in [1.807, 2.05) is 12.1 Å². The Bertz CT molecular complexity index is 318. The summed E-state index contributed by atoms with van der Waals surface area (Å²) < 4.78 is 5.08. The number of hydrogen-bond acceptors (Lipinski definition) is 2. The molecule has 0 aliphatic carbocycles. The van der Waals surface area contributed by atoms with E-state index in [-0.39, 0.29) is 6.10 Å². The maximum Gasteiger partial charge on any atom is 0.248 e. The van der Waals surface area contributed by atoms with Gasteiger partial charge in [-0.25, -0.2) is 0 Å². The molecule has 3 heteroatoms. The third-order valence-corrected chi connectivity index (χ3v) is 1.88. The molecular weight excluding hydrogens is 154 g/mol. The summed E-state index contributed by atoms with van der Waals surface area (Å²) in [5.41, 5.74) is 6.70. The van der Waals surface area contributed by atoms with Gasteiger partial charge in [0.2, 0.25) is 5.91 Å². The van der Waals surface area contributed by atoms with Crippen molar-refractivity contribution in [2.24, 2.45) is 5.73 Å². The second-order valence-corrected chi connectivity index (χ2v) is 2.81. The molecule has 0 radical (unpaired) electrons. The van der Waals surface area contributed by atoms with Gasteiger partial charge in [-0.05, 0) is 17.7 Å². The number of ether oxygens (including phenoxy) is 1. The molecule has 1 saturated heterocycles. The first-order valence-electron chi connectivity index (χ1n) is 3.79. The summed E-state index contributed by atoms with van der Waals surface area (Å²) in [5, 5.41) is 0. The van der Waals surface area contributed by atoms with Crippen LogP contribution in [0.3, 0.4) is 0 Å². The van der Waals surface area contributed by atoms with E-state index in [1.54, 1.807) is 12.1 Å². The highest BCUT2D eigenvalue weighted by Gasteiger charge is 2.24. The lowest BCUT2D eigenvalue weighted by atomic mass is 10.1. The quantitative estimate of drug-likeness (QED) is 0.657. The summed E-state index contributed by atoms with van der Waals surface area (Å²) in [6, 6.07) is 7.23. The molecular formula is C9H9NO2. The normalized spacial score (nSPS) is 20.5. The molecule has 1 aromatic carbocycles. The molecule has 2 rings (SSSR count). The predicted molar refractivity (Wildman–Crippen MR) is 43.7 cm³/mol. The van der Waals surface area contributed by atoms with E-state index in [0.717, 1.165) is 12.2 Å². The first kappa shape index (κ1) is 7.31. The molecule has 12 heavy (non-hydrogen) atoms. The predicted octanol–water partition coefficient (Wildman–Crippen LogP) is 0.857. The Morgan fingerprint density at radius 3 is 2.92 bits per heavy atom. The molecule has 2 N–H and O–H groups in total. The summed E-state index contributed by atoms with van der Waals surface area (Å²) in [6.07, 6.45) is 0.185. The van der Waals surface area contributed by atoms with Crippen molar-refractivity contribution in [1.82, 2.24) is 0 Å². The van der Waals surface area contributed by atoms with Gasteiger partial charge < -0.3 is 10.5 Å². The number of nitrogens with two attached hydrogens (primary N) is 1. The van der Waals surface area contributed by atoms with E-state index in [0.29, 0.717) is 5.56 Å². The molecule has 62 valence electrons. The number of carbonyl (C=O) groups is 1. The van der Waals surface area contributed by atoms with Crippen molar-refractivity contribution in [3.63, 3.8) is 0 Å². The highest BCUT2D eigenvalue weighted by molar-refractivity contribution is 5.92. The first-order valence-corrected chi connectivity index (χ1v) is 3.79. The average Bonchev–Trinajstić information content (AvgIpc) is 2.87. The van der Waals surface area contributed by atoms with E-state index in [2.05, 4.69) is 0 Å². The maximum absolute atomic E-state index is 10.8. The standard InChI is InChI=1S/C9H9NO2/c10-9(11)7-3-1-2-6(4-7)8-5-12-8/h1-4,8H,5H2,(H2,10,11)/t8-/m1/s1. The zero-order valence-corrected chi connectivity index (χ0v) is 6.49. The molecule has 1 fully saturated rings. The van der Waals surface area contributed by atoms with Gasteiger partial charge in [-0.1, -0.05) is 12.1 Å². The van der Waals surface area contributed by atoms with E-state index in [4.69, 9.17) is 10.5 Å². The van der Waals surface area contributed by atoms with E-state index in [9.17, 15) is 4.79 Å². The first-order chi connectivity index (χ1) is 5.77. The minimum absolute atomic E-state index is 0.185. The van der Waals surface area contributed by atoms with E-state index in [1.165, 1.54) is 0 Å². The van der Waals surface area contributed by atoms with Crippen molar-refractivity contribution in [3.8, 4) is 0 Å². The molecule has 0 spiro atoms. The van der Waals surface area contributed by atoms with Gasteiger partial charge in [-0.2, -0.15) is 0 Å². The van der Waals surface area contributed by atoms with Crippen LogP contribution in [0.2, 0.25) is 0 Å². The zero-order valence-electron chi connectivity index (χ0n) is 6.49. The monoisotopic (exact) mass is 163 g/mol. The number of epoxide rings is 1. The molecule has 1 aromatic rings. The van der Waals surface area contributed by atoms with Gasteiger partial charge in [0.05, 0.1) is 6.61 Å². The van der Waals surface area contributed by atoms with Crippen LogP contribution in [0.25, 0.3) is 0 Å². The smallest absolute Gasteiger partial charge is 0.248 e. The topological polar surface area (TPSA) is 55.6 Å². The number of primary amides is 1. The van der Waals surface area contributed by atoms with Gasteiger partial charge in [0, 0.05) is 5.56 Å². The highest BCUT2D eigenvalue weighted by atomic mass is 16.6. The lowest BCUT2D eigenvalue weighted by Gasteiger charge is -1.97. The Kier molecular flexibility index (Phi) is 1.59. The number of carbonyl (C=O) groups excluding carboxylic acids is 1. The van der Waals surface area contributed by atoms with Crippen molar-refractivity contribution < 1.29 is 9.53 Å². The summed E-state index contributed by atoms with van der Waals surface area (Å²) in [6.45, 7) is 0.752. The van der Waals surface area contributed by atoms with Gasteiger partial charge in [0.15, 0.2) is 0 Å². The van der Waals surface area contributed by atoms with Crippen molar-refractivity contribution >= 4 is 5.91 Å². The lowest BCUT2D eigenvalue weighted by molar-refractivity contribution is 0.1000. The van der Waals surface area contributed by atoms with Crippen LogP contribution in [0.5, 0.6) is 0 Å². The second-order valence-electron chi connectivity index (χ2n) is 2.81. The summed E-state index contributed by atoms with van der Waals surface area (Å²) in [5.74, 6) is -0.391. The number of amides is 1. The number of benzene rings is 1. The summed E-state index contributed by atoms with van der Waals surface area (Å²) in [4.78, 5) is 10.8. The van der Waals surface area contributed by atoms with Crippen LogP contribution < -0.4 is 5.73 Å². The van der Waals surface area contributed by atoms with Gasteiger partial charge in [0.25, 0.3) is 0 Å². The average molecular weight is 163 g/mol. The fourth-order valence-corrected chi connectivity index (χ4v) is 1.13. The SMILES string of the molecule is NC(=O)c1cccc([C@H]2CO2)c1. The Morgan fingerprint density at radius 2 is 2.33 bits per heavy atom. The van der Waals surface area contributed by atoms with Crippen LogP contribution >= 0.6 is 0 Å². The van der Waals surface area contributed by atoms with Crippen LogP contribution in [0.1, 0.15) is 22.0 Å². The van der Waals surface area contributed by atoms with Crippen LogP contribution in [-0.4, -0.2) is 12.5 Å². The van der Waals surface area contributed by atoms with Crippen molar-refractivity contribution in [2.45, 2.75) is 6.10 Å². The van der Waals surface area contributed by atoms with Crippen molar-refractivity contribution in [2.75, 3.05) is 6.61 Å². The lowest BCUT2D eigenvalue weighted by Crippen LogP contribution is -2.10. The van der Waals surface area contributed by atoms with Gasteiger partial charge in [-0.15, -0.1) is 0 Å². The molecule has 3 nitrogen and oxygen atoms in total. The molecule has 1 aliphatic rings. The molecule has 1 aliphatic heterocycles. The summed E-state index contributed by atoms with van der Waals surface area (Å²) in [7, 11) is 0. The fourth-order valence-electron chi connectivity index (χ4n) is 1.13. The Morgan fingerprint density at radius 1 is 1.58 bits per heavy atom. The number of hydrogen-bond donors (Lipinski definition) is 1. The number of rotatable bonds is 2. The Labute approximate surface area is 70.1 Å².